The van der Waals surface area contributed by atoms with Crippen LogP contribution < -0.4 is 5.73 Å². The van der Waals surface area contributed by atoms with Gasteiger partial charge in [0.2, 0.25) is 5.91 Å². The van der Waals surface area contributed by atoms with Gasteiger partial charge < -0.3 is 10.7 Å². The fourth-order valence-electron chi connectivity index (χ4n) is 2.38. The summed E-state index contributed by atoms with van der Waals surface area (Å²) in [7, 11) is 0. The lowest BCUT2D eigenvalue weighted by Gasteiger charge is -1.99. The Morgan fingerprint density at radius 2 is 2.23 bits per heavy atom. The minimum atomic E-state index is -0.305. The molecule has 0 aliphatic heterocycles. The van der Waals surface area contributed by atoms with Gasteiger partial charge in [-0.2, -0.15) is 5.10 Å². The molecular weight excluding hydrogens is 283 g/mol. The Labute approximate surface area is 127 Å². The Morgan fingerprint density at radius 3 is 3.00 bits per heavy atom. The first-order chi connectivity index (χ1) is 10.1. The number of carbonyl (C=O) groups excluding carboxylic acids is 1. The highest BCUT2D eigenvalue weighted by atomic mass is 19.1. The third kappa shape index (κ3) is 3.16. The van der Waals surface area contributed by atoms with E-state index in [1.54, 1.807) is 16.9 Å². The van der Waals surface area contributed by atoms with Crippen molar-refractivity contribution in [2.45, 2.75) is 26.8 Å². The Bertz CT molecular complexity index is 790. The second-order valence-corrected chi connectivity index (χ2v) is 4.95. The molecule has 1 aromatic carbocycles. The molecule has 6 heteroatoms. The predicted molar refractivity (Wildman–Crippen MR) is 84.6 cm³/mol. The number of fused-ring (bicyclic) bond motifs is 1. The summed E-state index contributed by atoms with van der Waals surface area (Å²) in [5.74, 6) is -0.570. The fraction of sp³-hybridized carbons (Fsp3) is 0.250. The third-order valence-electron chi connectivity index (χ3n) is 3.40. The van der Waals surface area contributed by atoms with Crippen molar-refractivity contribution in [2.75, 3.05) is 0 Å². The van der Waals surface area contributed by atoms with Crippen LogP contribution in [0.4, 0.5) is 4.39 Å². The van der Waals surface area contributed by atoms with Crippen molar-refractivity contribution in [1.82, 2.24) is 14.8 Å². The Balaban J connectivity index is 0.00000176. The highest BCUT2D eigenvalue weighted by Gasteiger charge is 2.09. The van der Waals surface area contributed by atoms with Crippen molar-refractivity contribution in [3.05, 3.63) is 42.6 Å². The van der Waals surface area contributed by atoms with Gasteiger partial charge in [0.1, 0.15) is 5.82 Å². The van der Waals surface area contributed by atoms with Crippen LogP contribution in [-0.2, 0) is 11.3 Å². The normalized spacial score (nSPS) is 10.6. The van der Waals surface area contributed by atoms with Crippen LogP contribution in [0.15, 0.2) is 36.8 Å². The van der Waals surface area contributed by atoms with E-state index >= 15 is 0 Å². The molecule has 0 unspecified atom stereocenters. The summed E-state index contributed by atoms with van der Waals surface area (Å²) in [5.41, 5.74) is 7.79. The largest absolute Gasteiger partial charge is 0.370 e. The molecule has 0 saturated heterocycles. The van der Waals surface area contributed by atoms with E-state index in [2.05, 4.69) is 10.1 Å². The number of benzene rings is 1. The van der Waals surface area contributed by atoms with Crippen LogP contribution in [0.2, 0.25) is 0 Å². The highest BCUT2D eigenvalue weighted by molar-refractivity contribution is 5.95. The van der Waals surface area contributed by atoms with Crippen molar-refractivity contribution < 1.29 is 9.18 Å². The predicted octanol–water partition coefficient (Wildman–Crippen LogP) is 3.07. The maximum Gasteiger partial charge on any atom is 0.217 e. The molecule has 0 spiro atoms. The first kappa shape index (κ1) is 15.8. The smallest absolute Gasteiger partial charge is 0.217 e. The van der Waals surface area contributed by atoms with Crippen LogP contribution in [0.25, 0.3) is 22.0 Å². The minimum absolute atomic E-state index is 0. The number of primary amides is 1. The number of aromatic amines is 1. The number of nitrogens with one attached hydrogen (secondary N) is 1. The van der Waals surface area contributed by atoms with Gasteiger partial charge in [-0.05, 0) is 24.6 Å². The van der Waals surface area contributed by atoms with Crippen LogP contribution in [0.5, 0.6) is 0 Å². The zero-order chi connectivity index (χ0) is 14.8. The summed E-state index contributed by atoms with van der Waals surface area (Å²) in [5, 5.41) is 5.22. The van der Waals surface area contributed by atoms with Crippen molar-refractivity contribution in [3.63, 3.8) is 0 Å². The van der Waals surface area contributed by atoms with Gasteiger partial charge in [-0.15, -0.1) is 0 Å². The molecule has 1 amide bonds. The first-order valence-electron chi connectivity index (χ1n) is 6.71. The Kier molecular flexibility index (Phi) is 4.60. The molecule has 0 fully saturated rings. The van der Waals surface area contributed by atoms with Crippen LogP contribution >= 0.6 is 0 Å². The van der Waals surface area contributed by atoms with Crippen molar-refractivity contribution >= 4 is 16.8 Å². The van der Waals surface area contributed by atoms with Gasteiger partial charge in [0.15, 0.2) is 0 Å². The Morgan fingerprint density at radius 1 is 1.41 bits per heavy atom. The van der Waals surface area contributed by atoms with Crippen molar-refractivity contribution in [3.8, 4) is 11.1 Å². The minimum Gasteiger partial charge on any atom is -0.370 e. The number of hydrogen-bond acceptors (Lipinski definition) is 2. The van der Waals surface area contributed by atoms with E-state index in [4.69, 9.17) is 5.73 Å². The molecule has 0 aliphatic carbocycles. The second kappa shape index (κ2) is 6.43. The SMILES string of the molecule is C.NC(=O)CCCn1cc(-c2c[nH]c3cc(F)ccc23)cn1. The van der Waals surface area contributed by atoms with E-state index in [-0.39, 0.29) is 19.2 Å². The second-order valence-electron chi connectivity index (χ2n) is 4.95. The molecule has 0 atom stereocenters. The number of nitrogens with zero attached hydrogens (tertiary/aromatic N) is 2. The van der Waals surface area contributed by atoms with Gasteiger partial charge in [-0.1, -0.05) is 7.43 Å². The van der Waals surface area contributed by atoms with Gasteiger partial charge in [-0.25, -0.2) is 4.39 Å². The molecule has 0 radical (unpaired) electrons. The first-order valence-corrected chi connectivity index (χ1v) is 6.71. The lowest BCUT2D eigenvalue weighted by molar-refractivity contribution is -0.118. The van der Waals surface area contributed by atoms with Crippen LogP contribution in [0, 0.1) is 5.82 Å². The zero-order valence-corrected chi connectivity index (χ0v) is 11.3. The molecule has 116 valence electrons. The average molecular weight is 302 g/mol. The molecule has 3 aromatic rings. The standard InChI is InChI=1S/C15H15FN4O.CH4/c16-11-3-4-12-13(8-18-14(12)6-11)10-7-19-20(9-10)5-1-2-15(17)21;/h3-4,6-9,18H,1-2,5H2,(H2,17,21);1H4. The average Bonchev–Trinajstić information content (AvgIpc) is 3.04. The number of halogens is 1. The number of rotatable bonds is 5. The Hall–Kier alpha value is -2.63. The van der Waals surface area contributed by atoms with Crippen LogP contribution in [0.3, 0.4) is 0 Å². The summed E-state index contributed by atoms with van der Waals surface area (Å²) < 4.78 is 15.0. The van der Waals surface area contributed by atoms with Crippen molar-refractivity contribution in [2.24, 2.45) is 5.73 Å². The van der Waals surface area contributed by atoms with E-state index in [1.807, 2.05) is 12.4 Å². The lowest BCUT2D eigenvalue weighted by Crippen LogP contribution is -2.11. The van der Waals surface area contributed by atoms with E-state index in [1.165, 1.54) is 12.1 Å². The number of hydrogen-bond donors (Lipinski definition) is 2. The monoisotopic (exact) mass is 302 g/mol. The van der Waals surface area contributed by atoms with Crippen LogP contribution in [0.1, 0.15) is 20.3 Å². The quantitative estimate of drug-likeness (QED) is 0.760. The topological polar surface area (TPSA) is 76.7 Å². The highest BCUT2D eigenvalue weighted by Crippen LogP contribution is 2.28. The van der Waals surface area contributed by atoms with E-state index in [0.717, 1.165) is 22.0 Å². The van der Waals surface area contributed by atoms with E-state index in [9.17, 15) is 9.18 Å². The van der Waals surface area contributed by atoms with Gasteiger partial charge in [0.05, 0.1) is 6.20 Å². The molecule has 2 heterocycles. The van der Waals surface area contributed by atoms with Gasteiger partial charge in [-0.3, -0.25) is 9.48 Å². The molecule has 22 heavy (non-hydrogen) atoms. The summed E-state index contributed by atoms with van der Waals surface area (Å²) in [6.07, 6.45) is 6.52. The molecule has 5 nitrogen and oxygen atoms in total. The van der Waals surface area contributed by atoms with Crippen molar-refractivity contribution in [1.29, 1.82) is 0 Å². The third-order valence-corrected chi connectivity index (χ3v) is 3.40. The summed E-state index contributed by atoms with van der Waals surface area (Å²) in [6, 6.07) is 4.66. The summed E-state index contributed by atoms with van der Waals surface area (Å²) >= 11 is 0. The molecule has 2 aromatic heterocycles. The molecular formula is C16H19FN4O. The molecule has 0 aliphatic rings. The number of H-pyrrole nitrogens is 1. The number of aryl methyl sites for hydroxylation is 1. The van der Waals surface area contributed by atoms with Gasteiger partial charge >= 0.3 is 0 Å². The maximum atomic E-state index is 13.2. The van der Waals surface area contributed by atoms with Crippen LogP contribution in [-0.4, -0.2) is 20.7 Å². The molecule has 0 saturated carbocycles. The lowest BCUT2D eigenvalue weighted by atomic mass is 10.1. The molecule has 3 rings (SSSR count). The number of aromatic nitrogens is 3. The van der Waals surface area contributed by atoms with Gasteiger partial charge in [0, 0.05) is 47.4 Å². The zero-order valence-electron chi connectivity index (χ0n) is 11.3. The number of carbonyl (C=O) groups is 1. The van der Waals surface area contributed by atoms with E-state index < -0.39 is 0 Å². The summed E-state index contributed by atoms with van der Waals surface area (Å²) in [6.45, 7) is 0.639. The molecule has 0 bridgehead atoms. The van der Waals surface area contributed by atoms with E-state index in [0.29, 0.717) is 19.4 Å². The maximum absolute atomic E-state index is 13.2. The fourth-order valence-corrected chi connectivity index (χ4v) is 2.38. The van der Waals surface area contributed by atoms with Gasteiger partial charge in [0.25, 0.3) is 0 Å². The number of amides is 1. The number of nitrogens with two attached hydrogens (primary N) is 1. The molecule has 3 N–H and O–H groups in total. The summed E-state index contributed by atoms with van der Waals surface area (Å²) in [4.78, 5) is 13.8.